The molecule has 0 spiro atoms. The largest absolute Gasteiger partial charge is 0.508 e. The summed E-state index contributed by atoms with van der Waals surface area (Å²) in [5, 5.41) is 0. The number of benzene rings is 1. The molecule has 3 atom stereocenters. The van der Waals surface area contributed by atoms with Crippen LogP contribution in [0.1, 0.15) is 72.3 Å². The lowest BCUT2D eigenvalue weighted by Gasteiger charge is -2.29. The summed E-state index contributed by atoms with van der Waals surface area (Å²) in [5.41, 5.74) is 5.37. The second-order valence-corrected chi connectivity index (χ2v) is 8.36. The molecule has 0 bridgehead atoms. The van der Waals surface area contributed by atoms with Gasteiger partial charge in [-0.15, -0.1) is 0 Å². The van der Waals surface area contributed by atoms with E-state index in [-0.39, 0.29) is 43.3 Å². The zero-order chi connectivity index (χ0) is 26.6. The first-order valence-electron chi connectivity index (χ1n) is 11.8. The van der Waals surface area contributed by atoms with Gasteiger partial charge in [0.2, 0.25) is 0 Å². The number of methoxy groups -OCH3 is 1. The highest BCUT2D eigenvalue weighted by atomic mass is 16.7. The van der Waals surface area contributed by atoms with E-state index in [1.165, 1.54) is 19.2 Å². The van der Waals surface area contributed by atoms with Crippen LogP contribution in [0.15, 0.2) is 18.2 Å². The molecule has 1 rings (SSSR count). The molecule has 35 heavy (non-hydrogen) atoms. The van der Waals surface area contributed by atoms with Crippen molar-refractivity contribution in [2.45, 2.75) is 90.9 Å². The lowest BCUT2D eigenvalue weighted by molar-refractivity contribution is -0.148. The number of rotatable bonds is 13. The maximum Gasteiger partial charge on any atom is 0.508 e. The molecule has 10 nitrogen and oxygen atoms in total. The SMILES string of the molecule is CCC[C@H](C)OC(=O)O[C@@H](C)CC(N)(Cc1ccc(OC(=O)CC)c(OC(=O)CC)c1)C(=O)OC. The van der Waals surface area contributed by atoms with E-state index in [1.807, 2.05) is 6.92 Å². The van der Waals surface area contributed by atoms with Gasteiger partial charge in [0.1, 0.15) is 17.7 Å². The highest BCUT2D eigenvalue weighted by Crippen LogP contribution is 2.31. The van der Waals surface area contributed by atoms with Gasteiger partial charge in [0.05, 0.1) is 7.11 Å². The second kappa shape index (κ2) is 14.3. The maximum absolute atomic E-state index is 12.6. The Kier molecular flexibility index (Phi) is 12.2. The van der Waals surface area contributed by atoms with E-state index < -0.39 is 35.7 Å². The van der Waals surface area contributed by atoms with Crippen molar-refractivity contribution in [1.29, 1.82) is 0 Å². The van der Waals surface area contributed by atoms with Crippen LogP contribution in [-0.4, -0.2) is 48.9 Å². The van der Waals surface area contributed by atoms with Crippen LogP contribution in [0, 0.1) is 0 Å². The minimum Gasteiger partial charge on any atom is -0.468 e. The fourth-order valence-corrected chi connectivity index (χ4v) is 3.39. The molecule has 0 saturated carbocycles. The van der Waals surface area contributed by atoms with Crippen LogP contribution in [0.2, 0.25) is 0 Å². The monoisotopic (exact) mass is 495 g/mol. The molecular weight excluding hydrogens is 458 g/mol. The molecule has 2 N–H and O–H groups in total. The first-order chi connectivity index (χ1) is 16.5. The van der Waals surface area contributed by atoms with Crippen LogP contribution in [0.3, 0.4) is 0 Å². The van der Waals surface area contributed by atoms with E-state index in [0.717, 1.165) is 6.42 Å². The number of carbonyl (C=O) groups excluding carboxylic acids is 4. The van der Waals surface area contributed by atoms with Crippen molar-refractivity contribution in [3.63, 3.8) is 0 Å². The van der Waals surface area contributed by atoms with Gasteiger partial charge in [-0.1, -0.05) is 33.3 Å². The maximum atomic E-state index is 12.6. The van der Waals surface area contributed by atoms with Gasteiger partial charge >= 0.3 is 24.1 Å². The Balaban J connectivity index is 3.11. The van der Waals surface area contributed by atoms with Crippen LogP contribution >= 0.6 is 0 Å². The van der Waals surface area contributed by atoms with Crippen molar-refractivity contribution >= 4 is 24.1 Å². The first-order valence-corrected chi connectivity index (χ1v) is 11.8. The Bertz CT molecular complexity index is 886. The Labute approximate surface area is 206 Å². The van der Waals surface area contributed by atoms with Gasteiger partial charge in [-0.05, 0) is 38.0 Å². The fourth-order valence-electron chi connectivity index (χ4n) is 3.39. The summed E-state index contributed by atoms with van der Waals surface area (Å²) in [4.78, 5) is 48.3. The predicted molar refractivity (Wildman–Crippen MR) is 127 cm³/mol. The number of carbonyl (C=O) groups is 4. The summed E-state index contributed by atoms with van der Waals surface area (Å²) < 4.78 is 25.9. The van der Waals surface area contributed by atoms with Crippen LogP contribution in [0.25, 0.3) is 0 Å². The molecule has 0 aromatic heterocycles. The van der Waals surface area contributed by atoms with Gasteiger partial charge in [0, 0.05) is 25.7 Å². The molecule has 0 fully saturated rings. The molecule has 196 valence electrons. The van der Waals surface area contributed by atoms with E-state index in [9.17, 15) is 19.2 Å². The van der Waals surface area contributed by atoms with Gasteiger partial charge in [0.25, 0.3) is 0 Å². The highest BCUT2D eigenvalue weighted by molar-refractivity contribution is 5.81. The average Bonchev–Trinajstić information content (AvgIpc) is 2.79. The fraction of sp³-hybridized carbons (Fsp3) is 0.600. The van der Waals surface area contributed by atoms with Crippen molar-refractivity contribution in [1.82, 2.24) is 0 Å². The third-order valence-corrected chi connectivity index (χ3v) is 5.09. The molecule has 0 amide bonds. The number of hydrogen-bond acceptors (Lipinski definition) is 10. The Morgan fingerprint density at radius 1 is 0.914 bits per heavy atom. The molecule has 0 aliphatic heterocycles. The number of hydrogen-bond donors (Lipinski definition) is 1. The van der Waals surface area contributed by atoms with Crippen LogP contribution in [0.5, 0.6) is 11.5 Å². The van der Waals surface area contributed by atoms with E-state index in [1.54, 1.807) is 33.8 Å². The molecule has 0 saturated heterocycles. The van der Waals surface area contributed by atoms with E-state index in [4.69, 9.17) is 29.4 Å². The van der Waals surface area contributed by atoms with E-state index >= 15 is 0 Å². The summed E-state index contributed by atoms with van der Waals surface area (Å²) in [6.45, 7) is 8.60. The summed E-state index contributed by atoms with van der Waals surface area (Å²) in [7, 11) is 1.21. The van der Waals surface area contributed by atoms with Crippen molar-refractivity contribution in [2.24, 2.45) is 5.73 Å². The second-order valence-electron chi connectivity index (χ2n) is 8.36. The number of esters is 3. The van der Waals surface area contributed by atoms with Gasteiger partial charge in [-0.25, -0.2) is 4.79 Å². The predicted octanol–water partition coefficient (Wildman–Crippen LogP) is 3.85. The van der Waals surface area contributed by atoms with Crippen LogP contribution in [0.4, 0.5) is 4.79 Å². The Hall–Kier alpha value is -3.14. The minimum atomic E-state index is -1.57. The van der Waals surface area contributed by atoms with Gasteiger partial charge in [-0.2, -0.15) is 0 Å². The Morgan fingerprint density at radius 2 is 1.49 bits per heavy atom. The lowest BCUT2D eigenvalue weighted by Crippen LogP contribution is -2.53. The topological polar surface area (TPSA) is 140 Å². The smallest absolute Gasteiger partial charge is 0.468 e. The van der Waals surface area contributed by atoms with E-state index in [0.29, 0.717) is 12.0 Å². The zero-order valence-corrected chi connectivity index (χ0v) is 21.4. The van der Waals surface area contributed by atoms with E-state index in [2.05, 4.69) is 0 Å². The normalized spacial score (nSPS) is 14.1. The summed E-state index contributed by atoms with van der Waals surface area (Å²) in [5.74, 6) is -1.64. The molecule has 0 aliphatic rings. The molecule has 10 heteroatoms. The molecule has 0 radical (unpaired) electrons. The number of nitrogens with two attached hydrogens (primary N) is 1. The van der Waals surface area contributed by atoms with Gasteiger partial charge < -0.3 is 29.4 Å². The molecule has 0 heterocycles. The quantitative estimate of drug-likeness (QED) is 0.317. The first kappa shape index (κ1) is 29.9. The standard InChI is InChI=1S/C25H37NO9/c1-7-10-16(4)32-24(30)33-17(5)14-25(26,23(29)31-6)15-18-11-12-19(34-21(27)8-2)20(13-18)35-22(28)9-3/h11-13,16-17H,7-10,14-15,26H2,1-6H3/t16-,17-,25?/m0/s1. The highest BCUT2D eigenvalue weighted by Gasteiger charge is 2.38. The zero-order valence-electron chi connectivity index (χ0n) is 21.4. The molecule has 1 aromatic rings. The third-order valence-electron chi connectivity index (χ3n) is 5.09. The molecule has 0 aliphatic carbocycles. The van der Waals surface area contributed by atoms with Gasteiger partial charge in [-0.3, -0.25) is 14.4 Å². The van der Waals surface area contributed by atoms with Crippen molar-refractivity contribution < 1.29 is 42.9 Å². The Morgan fingerprint density at radius 3 is 2.03 bits per heavy atom. The molecule has 1 unspecified atom stereocenters. The lowest BCUT2D eigenvalue weighted by atomic mass is 9.86. The summed E-state index contributed by atoms with van der Waals surface area (Å²) >= 11 is 0. The van der Waals surface area contributed by atoms with Crippen molar-refractivity contribution in [2.75, 3.05) is 7.11 Å². The number of ether oxygens (including phenoxy) is 5. The average molecular weight is 496 g/mol. The van der Waals surface area contributed by atoms with Crippen molar-refractivity contribution in [3.8, 4) is 11.5 Å². The molecular formula is C25H37NO9. The summed E-state index contributed by atoms with van der Waals surface area (Å²) in [6, 6.07) is 4.53. The minimum absolute atomic E-state index is 0.0288. The third kappa shape index (κ3) is 9.94. The van der Waals surface area contributed by atoms with Gasteiger partial charge in [0.15, 0.2) is 11.5 Å². The summed E-state index contributed by atoms with van der Waals surface area (Å²) in [6.07, 6.45) is -0.214. The van der Waals surface area contributed by atoms with Crippen LogP contribution < -0.4 is 15.2 Å². The van der Waals surface area contributed by atoms with Crippen molar-refractivity contribution in [3.05, 3.63) is 23.8 Å². The van der Waals surface area contributed by atoms with Crippen LogP contribution in [-0.2, 0) is 35.0 Å². The molecule has 1 aromatic carbocycles.